The molecule has 2 unspecified atom stereocenters. The monoisotopic (exact) mass is 343 g/mol. The summed E-state index contributed by atoms with van der Waals surface area (Å²) in [7, 11) is -2.53. The van der Waals surface area contributed by atoms with Gasteiger partial charge < -0.3 is 10.2 Å². The van der Waals surface area contributed by atoms with Gasteiger partial charge >= 0.3 is 20.0 Å². The second kappa shape index (κ2) is 12.7. The zero-order chi connectivity index (χ0) is 17.7. The Balaban J connectivity index is 0.000000433. The van der Waals surface area contributed by atoms with Gasteiger partial charge in [-0.25, -0.2) is 0 Å². The largest absolute Gasteiger partial charge is 0.506 e. The van der Waals surface area contributed by atoms with Gasteiger partial charge in [0.2, 0.25) is 0 Å². The topological polar surface area (TPSA) is 112 Å². The maximum absolute atomic E-state index is 10.4. The van der Waals surface area contributed by atoms with Gasteiger partial charge in [0.1, 0.15) is 5.92 Å². The molecule has 6 nitrogen and oxygen atoms in total. The number of hydrogen-bond donors (Lipinski definition) is 3. The van der Waals surface area contributed by atoms with Crippen LogP contribution in [0.3, 0.4) is 0 Å². The van der Waals surface area contributed by atoms with Crippen LogP contribution in [0.2, 0.25) is 0 Å². The number of unbranched alkanes of at least 4 members (excludes halogenated alkanes) is 1. The van der Waals surface area contributed by atoms with Crippen molar-refractivity contribution in [3.8, 4) is 0 Å². The molecule has 128 valence electrons. The molecule has 1 aromatic carbocycles. The van der Waals surface area contributed by atoms with E-state index in [2.05, 4.69) is 37.3 Å². The fraction of sp³-hybridized carbons (Fsp3) is 0.500. The van der Waals surface area contributed by atoms with Crippen LogP contribution in [0.25, 0.3) is 0 Å². The Morgan fingerprint density at radius 3 is 2.22 bits per heavy atom. The van der Waals surface area contributed by atoms with Gasteiger partial charge in [0, 0.05) is 6.42 Å². The van der Waals surface area contributed by atoms with Gasteiger partial charge in [-0.15, -0.1) is 0 Å². The number of carboxylic acid groups (broad SMARTS) is 2. The van der Waals surface area contributed by atoms with Crippen LogP contribution in [0, 0.1) is 5.92 Å². The predicted molar refractivity (Wildman–Crippen MR) is 87.7 cm³/mol. The summed E-state index contributed by atoms with van der Waals surface area (Å²) >= 11 is 0. The first-order chi connectivity index (χ1) is 10.9. The van der Waals surface area contributed by atoms with Crippen LogP contribution < -0.4 is 0 Å². The van der Waals surface area contributed by atoms with E-state index in [1.807, 2.05) is 0 Å². The SMILES string of the molecule is CCCCc1ccccc1.O=C(O)CCC(C[P+](=O)O)C(=O)O. The molecule has 0 bridgehead atoms. The Bertz CT molecular complexity index is 489. The smallest absolute Gasteiger partial charge is 0.481 e. The average molecular weight is 343 g/mol. The summed E-state index contributed by atoms with van der Waals surface area (Å²) in [4.78, 5) is 28.9. The van der Waals surface area contributed by atoms with Crippen LogP contribution in [-0.4, -0.2) is 33.2 Å². The number of carboxylic acids is 2. The average Bonchev–Trinajstić information content (AvgIpc) is 2.50. The first-order valence-corrected chi connectivity index (χ1v) is 8.88. The molecule has 0 aromatic heterocycles. The van der Waals surface area contributed by atoms with E-state index in [1.54, 1.807) is 0 Å². The highest BCUT2D eigenvalue weighted by Crippen LogP contribution is 2.21. The molecule has 2 atom stereocenters. The lowest BCUT2D eigenvalue weighted by Crippen LogP contribution is -2.17. The molecule has 0 saturated heterocycles. The van der Waals surface area contributed by atoms with E-state index in [-0.39, 0.29) is 12.8 Å². The van der Waals surface area contributed by atoms with E-state index in [9.17, 15) is 14.2 Å². The fourth-order valence-corrected chi connectivity index (χ4v) is 2.52. The van der Waals surface area contributed by atoms with Crippen molar-refractivity contribution in [3.63, 3.8) is 0 Å². The van der Waals surface area contributed by atoms with Crippen molar-refractivity contribution in [1.82, 2.24) is 0 Å². The van der Waals surface area contributed by atoms with Gasteiger partial charge in [-0.05, 0) is 29.4 Å². The van der Waals surface area contributed by atoms with Crippen LogP contribution in [0.4, 0.5) is 0 Å². The number of rotatable bonds is 9. The van der Waals surface area contributed by atoms with Gasteiger partial charge in [-0.3, -0.25) is 9.59 Å². The quantitative estimate of drug-likeness (QED) is 0.593. The zero-order valence-electron chi connectivity index (χ0n) is 13.2. The Kier molecular flexibility index (Phi) is 11.7. The van der Waals surface area contributed by atoms with E-state index >= 15 is 0 Å². The highest BCUT2D eigenvalue weighted by atomic mass is 31.1. The minimum atomic E-state index is -2.53. The van der Waals surface area contributed by atoms with Gasteiger partial charge in [0.15, 0.2) is 6.16 Å². The van der Waals surface area contributed by atoms with Crippen LogP contribution in [0.1, 0.15) is 38.2 Å². The third-order valence-corrected chi connectivity index (χ3v) is 3.85. The van der Waals surface area contributed by atoms with Crippen molar-refractivity contribution in [2.45, 2.75) is 39.0 Å². The molecule has 0 saturated carbocycles. The summed E-state index contributed by atoms with van der Waals surface area (Å²) in [6.45, 7) is 2.23. The van der Waals surface area contributed by atoms with Crippen LogP contribution in [0.5, 0.6) is 0 Å². The molecule has 0 radical (unpaired) electrons. The lowest BCUT2D eigenvalue weighted by atomic mass is 10.1. The van der Waals surface area contributed by atoms with Crippen LogP contribution in [0.15, 0.2) is 30.3 Å². The number of hydrogen-bond acceptors (Lipinski definition) is 3. The first-order valence-electron chi connectivity index (χ1n) is 7.48. The fourth-order valence-electron chi connectivity index (χ4n) is 1.80. The first kappa shape index (κ1) is 21.2. The third kappa shape index (κ3) is 12.4. The molecule has 0 aliphatic heterocycles. The molecule has 7 heteroatoms. The highest BCUT2D eigenvalue weighted by Gasteiger charge is 2.28. The normalized spacial score (nSPS) is 11.8. The second-order valence-corrected chi connectivity index (χ2v) is 6.16. The van der Waals surface area contributed by atoms with Crippen molar-refractivity contribution < 1.29 is 29.3 Å². The molecule has 0 aliphatic rings. The standard InChI is InChI=1S/C10H14.C6H9O6P/c1-2-3-7-10-8-5-4-6-9-10;7-5(8)2-1-4(6(9)10)3-13(11)12/h4-6,8-9H,2-3,7H2,1H3;4H,1-3H2,(H2-,7,8,9,10,11,12)/p+1. The Morgan fingerprint density at radius 2 is 1.78 bits per heavy atom. The second-order valence-electron chi connectivity index (χ2n) is 5.09. The van der Waals surface area contributed by atoms with E-state index in [0.29, 0.717) is 0 Å². The van der Waals surface area contributed by atoms with E-state index in [0.717, 1.165) is 0 Å². The van der Waals surface area contributed by atoms with Crippen LogP contribution >= 0.6 is 8.03 Å². The zero-order valence-corrected chi connectivity index (χ0v) is 14.1. The molecular weight excluding hydrogens is 319 g/mol. The Labute approximate surface area is 137 Å². The molecule has 0 fully saturated rings. The summed E-state index contributed by atoms with van der Waals surface area (Å²) in [6, 6.07) is 10.6. The van der Waals surface area contributed by atoms with Crippen molar-refractivity contribution in [2.24, 2.45) is 5.92 Å². The molecule has 1 rings (SSSR count). The van der Waals surface area contributed by atoms with Crippen LogP contribution in [-0.2, 0) is 20.6 Å². The third-order valence-electron chi connectivity index (χ3n) is 3.09. The molecule has 3 N–H and O–H groups in total. The Morgan fingerprint density at radius 1 is 1.17 bits per heavy atom. The number of benzene rings is 1. The minimum Gasteiger partial charge on any atom is -0.481 e. The van der Waals surface area contributed by atoms with Gasteiger partial charge in [0.05, 0.1) is 0 Å². The molecule has 0 amide bonds. The highest BCUT2D eigenvalue weighted by molar-refractivity contribution is 7.38. The lowest BCUT2D eigenvalue weighted by molar-refractivity contribution is -0.142. The summed E-state index contributed by atoms with van der Waals surface area (Å²) in [6.07, 6.45) is 3.01. The van der Waals surface area contributed by atoms with Crippen molar-refractivity contribution in [1.29, 1.82) is 0 Å². The maximum Gasteiger partial charge on any atom is 0.506 e. The van der Waals surface area contributed by atoms with Crippen molar-refractivity contribution in [2.75, 3.05) is 6.16 Å². The summed E-state index contributed by atoms with van der Waals surface area (Å²) < 4.78 is 10.3. The van der Waals surface area contributed by atoms with Crippen molar-refractivity contribution in [3.05, 3.63) is 35.9 Å². The molecule has 0 heterocycles. The number of aryl methyl sites for hydroxylation is 1. The van der Waals surface area contributed by atoms with E-state index in [1.165, 1.54) is 24.8 Å². The van der Waals surface area contributed by atoms with Gasteiger partial charge in [-0.1, -0.05) is 43.7 Å². The molecular formula is C16H24O6P+. The van der Waals surface area contributed by atoms with E-state index < -0.39 is 32.0 Å². The summed E-state index contributed by atoms with van der Waals surface area (Å²) in [5.41, 5.74) is 1.46. The molecule has 0 spiro atoms. The van der Waals surface area contributed by atoms with Gasteiger partial charge in [0.25, 0.3) is 0 Å². The summed E-state index contributed by atoms with van der Waals surface area (Å²) in [5, 5.41) is 16.8. The molecule has 23 heavy (non-hydrogen) atoms. The number of aliphatic carboxylic acids is 2. The summed E-state index contributed by atoms with van der Waals surface area (Å²) in [5.74, 6) is -3.40. The Hall–Kier alpha value is -1.78. The maximum atomic E-state index is 10.4. The molecule has 0 aliphatic carbocycles. The lowest BCUT2D eigenvalue weighted by Gasteiger charge is -2.02. The predicted octanol–water partition coefficient (Wildman–Crippen LogP) is 3.32. The minimum absolute atomic E-state index is 0.119. The molecule has 1 aromatic rings. The van der Waals surface area contributed by atoms with Crippen molar-refractivity contribution >= 4 is 20.0 Å². The van der Waals surface area contributed by atoms with E-state index in [4.69, 9.17) is 15.1 Å². The number of carbonyl (C=O) groups is 2. The van der Waals surface area contributed by atoms with Gasteiger partial charge in [-0.2, -0.15) is 4.89 Å².